The number of anilines is 1. The van der Waals surface area contributed by atoms with E-state index in [0.717, 1.165) is 15.4 Å². The first-order chi connectivity index (χ1) is 19.4. The summed E-state index contributed by atoms with van der Waals surface area (Å²) in [5, 5.41) is 2.98. The summed E-state index contributed by atoms with van der Waals surface area (Å²) < 4.78 is 35.0. The molecule has 1 unspecified atom stereocenters. The van der Waals surface area contributed by atoms with Crippen molar-refractivity contribution < 1.29 is 22.7 Å². The number of hydrogen-bond donors (Lipinski definition) is 1. The van der Waals surface area contributed by atoms with Gasteiger partial charge in [0.1, 0.15) is 18.3 Å². The number of hydrogen-bond acceptors (Lipinski definition) is 5. The second kappa shape index (κ2) is 13.7. The van der Waals surface area contributed by atoms with Crippen molar-refractivity contribution in [1.82, 2.24) is 10.2 Å². The first-order valence-corrected chi connectivity index (χ1v) is 15.3. The van der Waals surface area contributed by atoms with Crippen molar-refractivity contribution in [3.8, 4) is 5.75 Å². The zero-order valence-electron chi connectivity index (χ0n) is 24.8. The van der Waals surface area contributed by atoms with Crippen LogP contribution in [0.5, 0.6) is 5.75 Å². The largest absolute Gasteiger partial charge is 0.492 e. The molecule has 220 valence electrons. The molecule has 1 atom stereocenters. The molecule has 0 bridgehead atoms. The highest BCUT2D eigenvalue weighted by Gasteiger charge is 2.35. The van der Waals surface area contributed by atoms with Crippen molar-refractivity contribution in [2.75, 3.05) is 17.5 Å². The smallest absolute Gasteiger partial charge is 0.264 e. The van der Waals surface area contributed by atoms with Crippen LogP contribution in [0, 0.1) is 6.92 Å². The fraction of sp³-hybridized carbons (Fsp3) is 0.375. The molecule has 8 nitrogen and oxygen atoms in total. The molecule has 3 rings (SSSR count). The number of nitrogens with zero attached hydrogens (tertiary/aromatic N) is 2. The SMILES string of the molecule is CCOc1ccccc1N(CC(=O)N(Cc1ccccc1)C(CC)C(=O)NC(C)(C)C)S(=O)(=O)c1ccc(C)cc1. The highest BCUT2D eigenvalue weighted by atomic mass is 32.2. The van der Waals surface area contributed by atoms with E-state index >= 15 is 0 Å². The van der Waals surface area contributed by atoms with Gasteiger partial charge in [0.2, 0.25) is 11.8 Å². The van der Waals surface area contributed by atoms with E-state index in [1.165, 1.54) is 17.0 Å². The highest BCUT2D eigenvalue weighted by molar-refractivity contribution is 7.92. The number of para-hydroxylation sites is 2. The maximum absolute atomic E-state index is 14.2. The summed E-state index contributed by atoms with van der Waals surface area (Å²) in [5.41, 5.74) is 1.47. The lowest BCUT2D eigenvalue weighted by Crippen LogP contribution is -2.55. The van der Waals surface area contributed by atoms with Crippen LogP contribution in [0.2, 0.25) is 0 Å². The summed E-state index contributed by atoms with van der Waals surface area (Å²) in [6.07, 6.45) is 0.348. The third-order valence-corrected chi connectivity index (χ3v) is 8.18. The van der Waals surface area contributed by atoms with Crippen molar-refractivity contribution in [2.24, 2.45) is 0 Å². The summed E-state index contributed by atoms with van der Waals surface area (Å²) in [5.74, 6) is -0.468. The second-order valence-corrected chi connectivity index (χ2v) is 12.8. The van der Waals surface area contributed by atoms with Gasteiger partial charge in [0, 0.05) is 12.1 Å². The molecule has 2 amide bonds. The van der Waals surface area contributed by atoms with E-state index in [-0.39, 0.29) is 23.0 Å². The molecule has 0 aromatic heterocycles. The van der Waals surface area contributed by atoms with Gasteiger partial charge in [0.25, 0.3) is 10.0 Å². The van der Waals surface area contributed by atoms with E-state index in [2.05, 4.69) is 5.32 Å². The molecule has 0 saturated carbocycles. The first-order valence-electron chi connectivity index (χ1n) is 13.8. The number of ether oxygens (including phenoxy) is 1. The van der Waals surface area contributed by atoms with Crippen molar-refractivity contribution in [2.45, 2.75) is 71.0 Å². The van der Waals surface area contributed by atoms with Gasteiger partial charge in [-0.05, 0) is 70.9 Å². The van der Waals surface area contributed by atoms with Crippen molar-refractivity contribution >= 4 is 27.5 Å². The monoisotopic (exact) mass is 579 g/mol. The molecule has 0 saturated heterocycles. The van der Waals surface area contributed by atoms with Crippen molar-refractivity contribution in [1.29, 1.82) is 0 Å². The number of carbonyl (C=O) groups is 2. The Hall–Kier alpha value is -3.85. The molecule has 0 heterocycles. The molecule has 0 radical (unpaired) electrons. The van der Waals surface area contributed by atoms with E-state index in [1.54, 1.807) is 36.4 Å². The molecule has 0 aliphatic carbocycles. The molecule has 41 heavy (non-hydrogen) atoms. The fourth-order valence-corrected chi connectivity index (χ4v) is 5.87. The van der Waals surface area contributed by atoms with Crippen LogP contribution in [-0.2, 0) is 26.2 Å². The van der Waals surface area contributed by atoms with Crippen LogP contribution in [0.3, 0.4) is 0 Å². The number of sulfonamides is 1. The third-order valence-electron chi connectivity index (χ3n) is 6.40. The molecule has 0 fully saturated rings. The lowest BCUT2D eigenvalue weighted by atomic mass is 10.1. The Kier molecular flexibility index (Phi) is 10.6. The van der Waals surface area contributed by atoms with Crippen LogP contribution < -0.4 is 14.4 Å². The highest BCUT2D eigenvalue weighted by Crippen LogP contribution is 2.33. The van der Waals surface area contributed by atoms with E-state index in [1.807, 2.05) is 71.9 Å². The molecular formula is C32H41N3O5S. The van der Waals surface area contributed by atoms with Gasteiger partial charge in [-0.1, -0.05) is 67.1 Å². The molecule has 1 N–H and O–H groups in total. The Morgan fingerprint density at radius 1 is 0.902 bits per heavy atom. The lowest BCUT2D eigenvalue weighted by molar-refractivity contribution is -0.141. The van der Waals surface area contributed by atoms with E-state index in [4.69, 9.17) is 4.74 Å². The Bertz CT molecular complexity index is 1420. The molecule has 9 heteroatoms. The minimum absolute atomic E-state index is 0.0503. The van der Waals surface area contributed by atoms with E-state index in [0.29, 0.717) is 18.8 Å². The topological polar surface area (TPSA) is 96.0 Å². The Balaban J connectivity index is 2.11. The Morgan fingerprint density at radius 2 is 1.51 bits per heavy atom. The normalized spacial score (nSPS) is 12.3. The van der Waals surface area contributed by atoms with Gasteiger partial charge in [-0.3, -0.25) is 13.9 Å². The minimum Gasteiger partial charge on any atom is -0.492 e. The number of nitrogens with one attached hydrogen (secondary N) is 1. The van der Waals surface area contributed by atoms with Crippen molar-refractivity contribution in [3.05, 3.63) is 90.0 Å². The van der Waals surface area contributed by atoms with Crippen molar-refractivity contribution in [3.63, 3.8) is 0 Å². The maximum atomic E-state index is 14.2. The first kappa shape index (κ1) is 31.7. The molecule has 3 aromatic carbocycles. The van der Waals surface area contributed by atoms with Crippen LogP contribution in [-0.4, -0.2) is 49.9 Å². The predicted octanol–water partition coefficient (Wildman–Crippen LogP) is 5.31. The summed E-state index contributed by atoms with van der Waals surface area (Å²) in [6.45, 7) is 11.1. The number of benzene rings is 3. The molecule has 0 spiro atoms. The van der Waals surface area contributed by atoms with Crippen LogP contribution in [0.25, 0.3) is 0 Å². The molecular weight excluding hydrogens is 538 g/mol. The molecule has 3 aromatic rings. The van der Waals surface area contributed by atoms with Gasteiger partial charge in [0.15, 0.2) is 0 Å². The zero-order chi connectivity index (χ0) is 30.2. The summed E-state index contributed by atoms with van der Waals surface area (Å²) >= 11 is 0. The van der Waals surface area contributed by atoms with Gasteiger partial charge in [-0.15, -0.1) is 0 Å². The van der Waals surface area contributed by atoms with Gasteiger partial charge in [-0.2, -0.15) is 0 Å². The lowest BCUT2D eigenvalue weighted by Gasteiger charge is -2.35. The van der Waals surface area contributed by atoms with Crippen LogP contribution in [0.4, 0.5) is 5.69 Å². The third kappa shape index (κ3) is 8.33. The summed E-state index contributed by atoms with van der Waals surface area (Å²) in [4.78, 5) is 29.1. The second-order valence-electron chi connectivity index (χ2n) is 10.9. The van der Waals surface area contributed by atoms with E-state index in [9.17, 15) is 18.0 Å². The van der Waals surface area contributed by atoms with E-state index < -0.39 is 34.1 Å². The number of amides is 2. The summed E-state index contributed by atoms with van der Waals surface area (Å²) in [7, 11) is -4.19. The summed E-state index contributed by atoms with van der Waals surface area (Å²) in [6, 6.07) is 21.8. The predicted molar refractivity (Wildman–Crippen MR) is 162 cm³/mol. The van der Waals surface area contributed by atoms with Gasteiger partial charge < -0.3 is 15.0 Å². The zero-order valence-corrected chi connectivity index (χ0v) is 25.6. The Morgan fingerprint density at radius 3 is 2.10 bits per heavy atom. The quantitative estimate of drug-likeness (QED) is 0.314. The van der Waals surface area contributed by atoms with Crippen LogP contribution in [0.1, 0.15) is 52.2 Å². The molecule has 0 aliphatic heterocycles. The van der Waals surface area contributed by atoms with Gasteiger partial charge >= 0.3 is 0 Å². The maximum Gasteiger partial charge on any atom is 0.264 e. The minimum atomic E-state index is -4.19. The van der Waals surface area contributed by atoms with Gasteiger partial charge in [0.05, 0.1) is 17.2 Å². The number of aryl methyl sites for hydroxylation is 1. The number of carbonyl (C=O) groups excluding carboxylic acids is 2. The van der Waals surface area contributed by atoms with Crippen LogP contribution >= 0.6 is 0 Å². The molecule has 0 aliphatic rings. The van der Waals surface area contributed by atoms with Gasteiger partial charge in [-0.25, -0.2) is 8.42 Å². The standard InChI is InChI=1S/C32H41N3O5S/c1-7-27(31(37)33-32(4,5)6)34(22-25-14-10-9-11-15-25)30(36)23-35(28-16-12-13-17-29(28)40-8-2)41(38,39)26-20-18-24(3)19-21-26/h9-21,27H,7-8,22-23H2,1-6H3,(H,33,37). The number of rotatable bonds is 12. The van der Waals surface area contributed by atoms with Crippen LogP contribution in [0.15, 0.2) is 83.8 Å². The Labute approximate surface area is 244 Å². The average molecular weight is 580 g/mol. The fourth-order valence-electron chi connectivity index (χ4n) is 4.44. The average Bonchev–Trinajstić information content (AvgIpc) is 2.92.